The van der Waals surface area contributed by atoms with Crippen LogP contribution in [-0.4, -0.2) is 20.1 Å². The Balaban J connectivity index is 1.55. The molecule has 0 aliphatic rings. The predicted octanol–water partition coefficient (Wildman–Crippen LogP) is 4.78. The lowest BCUT2D eigenvalue weighted by molar-refractivity contribution is -0.115. The van der Waals surface area contributed by atoms with Gasteiger partial charge in [0.05, 0.1) is 20.6 Å². The Morgan fingerprint density at radius 3 is 2.48 bits per heavy atom. The van der Waals surface area contributed by atoms with Crippen LogP contribution in [0.5, 0.6) is 11.5 Å². The van der Waals surface area contributed by atoms with Gasteiger partial charge >= 0.3 is 0 Å². The standard InChI is InChI=1S/C22H19NO4/c1-25-20-9-7-14(11-21(20)26-2)12-22(24)23-15-8-10-19-17(13-15)16-5-3-4-6-18(16)27-19/h3-11,13H,12H2,1-2H3,(H,23,24). The van der Waals surface area contributed by atoms with E-state index in [-0.39, 0.29) is 12.3 Å². The van der Waals surface area contributed by atoms with Crippen molar-refractivity contribution < 1.29 is 18.7 Å². The SMILES string of the molecule is COc1ccc(CC(=O)Nc2ccc3oc4ccccc4c3c2)cc1OC. The molecule has 0 fully saturated rings. The zero-order chi connectivity index (χ0) is 18.8. The van der Waals surface area contributed by atoms with E-state index in [9.17, 15) is 4.79 Å². The first kappa shape index (κ1) is 17.0. The highest BCUT2D eigenvalue weighted by atomic mass is 16.5. The second-order valence-corrected chi connectivity index (χ2v) is 6.22. The van der Waals surface area contributed by atoms with Crippen LogP contribution in [0.1, 0.15) is 5.56 Å². The molecule has 0 spiro atoms. The number of hydrogen-bond acceptors (Lipinski definition) is 4. The molecule has 3 aromatic carbocycles. The monoisotopic (exact) mass is 361 g/mol. The first-order valence-electron chi connectivity index (χ1n) is 8.60. The first-order chi connectivity index (χ1) is 13.2. The quantitative estimate of drug-likeness (QED) is 0.555. The highest BCUT2D eigenvalue weighted by molar-refractivity contribution is 6.07. The summed E-state index contributed by atoms with van der Waals surface area (Å²) < 4.78 is 16.3. The van der Waals surface area contributed by atoms with Crippen molar-refractivity contribution in [3.63, 3.8) is 0 Å². The van der Waals surface area contributed by atoms with Gasteiger partial charge in [0.15, 0.2) is 11.5 Å². The minimum Gasteiger partial charge on any atom is -0.493 e. The maximum atomic E-state index is 12.5. The smallest absolute Gasteiger partial charge is 0.228 e. The van der Waals surface area contributed by atoms with E-state index in [1.165, 1.54) is 0 Å². The highest BCUT2D eigenvalue weighted by Gasteiger charge is 2.11. The van der Waals surface area contributed by atoms with Crippen molar-refractivity contribution in [2.24, 2.45) is 0 Å². The van der Waals surface area contributed by atoms with Gasteiger partial charge in [-0.3, -0.25) is 4.79 Å². The lowest BCUT2D eigenvalue weighted by Gasteiger charge is -2.10. The van der Waals surface area contributed by atoms with E-state index >= 15 is 0 Å². The number of methoxy groups -OCH3 is 2. The van der Waals surface area contributed by atoms with E-state index in [1.54, 1.807) is 20.3 Å². The number of benzene rings is 3. The summed E-state index contributed by atoms with van der Waals surface area (Å²) in [4.78, 5) is 12.5. The van der Waals surface area contributed by atoms with Crippen LogP contribution in [0.4, 0.5) is 5.69 Å². The van der Waals surface area contributed by atoms with Crippen molar-refractivity contribution >= 4 is 33.5 Å². The van der Waals surface area contributed by atoms with E-state index in [4.69, 9.17) is 13.9 Å². The van der Waals surface area contributed by atoms with Gasteiger partial charge in [-0.15, -0.1) is 0 Å². The van der Waals surface area contributed by atoms with Gasteiger partial charge in [0.25, 0.3) is 0 Å². The third-order valence-electron chi connectivity index (χ3n) is 4.47. The second kappa shape index (κ2) is 7.03. The molecule has 1 heterocycles. The number of ether oxygens (including phenoxy) is 2. The maximum Gasteiger partial charge on any atom is 0.228 e. The van der Waals surface area contributed by atoms with E-state index in [0.29, 0.717) is 11.5 Å². The Bertz CT molecular complexity index is 1130. The van der Waals surface area contributed by atoms with Gasteiger partial charge in [-0.05, 0) is 42.0 Å². The molecule has 5 nitrogen and oxygen atoms in total. The summed E-state index contributed by atoms with van der Waals surface area (Å²) in [7, 11) is 3.16. The normalized spacial score (nSPS) is 10.9. The fourth-order valence-corrected chi connectivity index (χ4v) is 3.19. The highest BCUT2D eigenvalue weighted by Crippen LogP contribution is 2.31. The summed E-state index contributed by atoms with van der Waals surface area (Å²) in [5, 5.41) is 4.96. The number of para-hydroxylation sites is 1. The minimum absolute atomic E-state index is 0.102. The molecule has 0 bridgehead atoms. The van der Waals surface area contributed by atoms with E-state index < -0.39 is 0 Å². The molecule has 0 radical (unpaired) electrons. The second-order valence-electron chi connectivity index (χ2n) is 6.22. The number of amides is 1. The van der Waals surface area contributed by atoms with Crippen LogP contribution in [0.15, 0.2) is 65.1 Å². The average Bonchev–Trinajstić information content (AvgIpc) is 3.06. The average molecular weight is 361 g/mol. The number of hydrogen-bond donors (Lipinski definition) is 1. The molecule has 0 unspecified atom stereocenters. The Morgan fingerprint density at radius 2 is 1.67 bits per heavy atom. The molecule has 0 aliphatic heterocycles. The van der Waals surface area contributed by atoms with Crippen LogP contribution in [0.3, 0.4) is 0 Å². The number of nitrogens with one attached hydrogen (secondary N) is 1. The third kappa shape index (κ3) is 3.31. The molecule has 27 heavy (non-hydrogen) atoms. The third-order valence-corrected chi connectivity index (χ3v) is 4.47. The zero-order valence-electron chi connectivity index (χ0n) is 15.1. The molecule has 0 aliphatic carbocycles. The molecule has 0 saturated heterocycles. The van der Waals surface area contributed by atoms with Crippen molar-refractivity contribution in [1.29, 1.82) is 0 Å². The van der Waals surface area contributed by atoms with Gasteiger partial charge < -0.3 is 19.2 Å². The number of fused-ring (bicyclic) bond motifs is 3. The number of carbonyl (C=O) groups excluding carboxylic acids is 1. The summed E-state index contributed by atoms with van der Waals surface area (Å²) >= 11 is 0. The summed E-state index contributed by atoms with van der Waals surface area (Å²) in [6.45, 7) is 0. The fourth-order valence-electron chi connectivity index (χ4n) is 3.19. The van der Waals surface area contributed by atoms with Crippen molar-refractivity contribution in [3.8, 4) is 11.5 Å². The van der Waals surface area contributed by atoms with Gasteiger partial charge in [0, 0.05) is 16.5 Å². The Morgan fingerprint density at radius 1 is 0.889 bits per heavy atom. The Kier molecular flexibility index (Phi) is 4.42. The molecule has 4 aromatic rings. The van der Waals surface area contributed by atoms with Crippen LogP contribution in [0, 0.1) is 0 Å². The number of carbonyl (C=O) groups is 1. The Hall–Kier alpha value is -3.47. The summed E-state index contributed by atoms with van der Waals surface area (Å²) in [5.74, 6) is 1.14. The molecule has 0 atom stereocenters. The van der Waals surface area contributed by atoms with E-state index in [0.717, 1.165) is 33.2 Å². The topological polar surface area (TPSA) is 60.7 Å². The zero-order valence-corrected chi connectivity index (χ0v) is 15.1. The van der Waals surface area contributed by atoms with Gasteiger partial charge in [0.2, 0.25) is 5.91 Å². The minimum atomic E-state index is -0.102. The fraction of sp³-hybridized carbons (Fsp3) is 0.136. The van der Waals surface area contributed by atoms with Crippen LogP contribution in [0.25, 0.3) is 21.9 Å². The van der Waals surface area contributed by atoms with Crippen molar-refractivity contribution in [2.75, 3.05) is 19.5 Å². The van der Waals surface area contributed by atoms with Gasteiger partial charge in [-0.1, -0.05) is 24.3 Å². The van der Waals surface area contributed by atoms with Gasteiger partial charge in [-0.25, -0.2) is 0 Å². The lowest BCUT2D eigenvalue weighted by atomic mass is 10.1. The van der Waals surface area contributed by atoms with Crippen molar-refractivity contribution in [3.05, 3.63) is 66.2 Å². The van der Waals surface area contributed by atoms with Gasteiger partial charge in [-0.2, -0.15) is 0 Å². The van der Waals surface area contributed by atoms with Crippen molar-refractivity contribution in [2.45, 2.75) is 6.42 Å². The molecular weight excluding hydrogens is 342 g/mol. The summed E-state index contributed by atoms with van der Waals surface area (Å²) in [6.07, 6.45) is 0.241. The number of anilines is 1. The van der Waals surface area contributed by atoms with Gasteiger partial charge in [0.1, 0.15) is 11.2 Å². The van der Waals surface area contributed by atoms with Crippen LogP contribution in [-0.2, 0) is 11.2 Å². The van der Waals surface area contributed by atoms with Crippen LogP contribution in [0.2, 0.25) is 0 Å². The molecule has 136 valence electrons. The van der Waals surface area contributed by atoms with E-state index in [2.05, 4.69) is 5.32 Å². The van der Waals surface area contributed by atoms with E-state index in [1.807, 2.05) is 54.6 Å². The van der Waals surface area contributed by atoms with Crippen molar-refractivity contribution in [1.82, 2.24) is 0 Å². The molecule has 1 N–H and O–H groups in total. The predicted molar refractivity (Wildman–Crippen MR) is 106 cm³/mol. The summed E-state index contributed by atoms with van der Waals surface area (Å²) in [5.41, 5.74) is 3.22. The first-order valence-corrected chi connectivity index (χ1v) is 8.60. The molecular formula is C22H19NO4. The lowest BCUT2D eigenvalue weighted by Crippen LogP contribution is -2.14. The van der Waals surface area contributed by atoms with Crippen LogP contribution >= 0.6 is 0 Å². The summed E-state index contributed by atoms with van der Waals surface area (Å²) in [6, 6.07) is 19.0. The molecule has 0 saturated carbocycles. The van der Waals surface area contributed by atoms with Crippen LogP contribution < -0.4 is 14.8 Å². The molecule has 5 heteroatoms. The molecule has 1 amide bonds. The number of rotatable bonds is 5. The number of furan rings is 1. The Labute approximate surface area is 156 Å². The molecule has 4 rings (SSSR count). The maximum absolute atomic E-state index is 12.5. The molecule has 1 aromatic heterocycles. The largest absolute Gasteiger partial charge is 0.493 e.